The summed E-state index contributed by atoms with van der Waals surface area (Å²) in [6, 6.07) is 8.58. The molecule has 8 heteroatoms. The molecule has 1 aromatic heterocycles. The third-order valence-electron chi connectivity index (χ3n) is 4.20. The fourth-order valence-electron chi connectivity index (χ4n) is 2.73. The van der Waals surface area contributed by atoms with Gasteiger partial charge in [0.1, 0.15) is 18.0 Å². The molecule has 0 atom stereocenters. The van der Waals surface area contributed by atoms with Gasteiger partial charge in [0.15, 0.2) is 5.75 Å². The Morgan fingerprint density at radius 2 is 1.85 bits per heavy atom. The van der Waals surface area contributed by atoms with Crippen molar-refractivity contribution in [1.29, 1.82) is 0 Å². The topological polar surface area (TPSA) is 82.9 Å². The molecule has 2 aromatic rings. The fourth-order valence-corrected chi connectivity index (χ4v) is 2.73. The van der Waals surface area contributed by atoms with E-state index < -0.39 is 0 Å². The van der Waals surface area contributed by atoms with Gasteiger partial charge in [-0.15, -0.1) is 0 Å². The van der Waals surface area contributed by atoms with Gasteiger partial charge in [-0.05, 0) is 24.3 Å². The van der Waals surface area contributed by atoms with Crippen molar-refractivity contribution in [2.24, 2.45) is 0 Å². The van der Waals surface area contributed by atoms with E-state index >= 15 is 0 Å². The summed E-state index contributed by atoms with van der Waals surface area (Å²) in [5.41, 5.74) is 0.862. The van der Waals surface area contributed by atoms with E-state index in [1.165, 1.54) is 17.9 Å². The van der Waals surface area contributed by atoms with Gasteiger partial charge in [-0.25, -0.2) is 4.68 Å². The third-order valence-corrected chi connectivity index (χ3v) is 4.20. The first-order valence-corrected chi connectivity index (χ1v) is 8.28. The van der Waals surface area contributed by atoms with Crippen LogP contribution in [0.4, 0.5) is 0 Å². The maximum absolute atomic E-state index is 12.4. The molecule has 0 bridgehead atoms. The van der Waals surface area contributed by atoms with E-state index in [0.29, 0.717) is 43.5 Å². The van der Waals surface area contributed by atoms with Crippen molar-refractivity contribution in [3.05, 3.63) is 40.7 Å². The zero-order valence-electron chi connectivity index (χ0n) is 14.8. The maximum Gasteiger partial charge on any atom is 0.270 e. The third kappa shape index (κ3) is 3.85. The molecule has 0 unspecified atom stereocenters. The molecule has 1 aliphatic rings. The molecule has 0 N–H and O–H groups in total. The number of carbonyl (C=O) groups excluding carboxylic acids is 1. The highest BCUT2D eigenvalue weighted by molar-refractivity contribution is 5.76. The minimum absolute atomic E-state index is 0.119. The lowest BCUT2D eigenvalue weighted by Gasteiger charge is -2.26. The van der Waals surface area contributed by atoms with Crippen molar-refractivity contribution in [3.8, 4) is 22.8 Å². The second-order valence-corrected chi connectivity index (χ2v) is 5.78. The molecule has 138 valence electrons. The highest BCUT2D eigenvalue weighted by Gasteiger charge is 2.19. The highest BCUT2D eigenvalue weighted by atomic mass is 16.5. The van der Waals surface area contributed by atoms with Crippen molar-refractivity contribution in [3.63, 3.8) is 0 Å². The van der Waals surface area contributed by atoms with E-state index in [-0.39, 0.29) is 18.0 Å². The Labute approximate surface area is 150 Å². The molecule has 1 aromatic carbocycles. The Balaban J connectivity index is 1.90. The molecular weight excluding hydrogens is 338 g/mol. The van der Waals surface area contributed by atoms with Gasteiger partial charge >= 0.3 is 0 Å². The molecule has 1 amide bonds. The lowest BCUT2D eigenvalue weighted by Crippen LogP contribution is -2.43. The van der Waals surface area contributed by atoms with Gasteiger partial charge in [-0.1, -0.05) is 0 Å². The predicted octanol–water partition coefficient (Wildman–Crippen LogP) is 0.786. The molecule has 1 saturated heterocycles. The van der Waals surface area contributed by atoms with Crippen molar-refractivity contribution in [2.45, 2.75) is 6.54 Å². The maximum atomic E-state index is 12.4. The van der Waals surface area contributed by atoms with E-state index in [4.69, 9.17) is 14.2 Å². The van der Waals surface area contributed by atoms with Gasteiger partial charge in [0, 0.05) is 24.7 Å². The summed E-state index contributed by atoms with van der Waals surface area (Å²) in [5, 5.41) is 4.36. The number of hydrogen-bond donors (Lipinski definition) is 0. The number of rotatable bonds is 5. The van der Waals surface area contributed by atoms with Crippen molar-refractivity contribution >= 4 is 5.91 Å². The number of ether oxygens (including phenoxy) is 3. The summed E-state index contributed by atoms with van der Waals surface area (Å²) in [4.78, 5) is 26.4. The van der Waals surface area contributed by atoms with Crippen LogP contribution in [0.5, 0.6) is 11.5 Å². The van der Waals surface area contributed by atoms with Crippen LogP contribution in [0.15, 0.2) is 35.1 Å². The van der Waals surface area contributed by atoms with Crippen LogP contribution in [0.3, 0.4) is 0 Å². The first-order chi connectivity index (χ1) is 12.6. The number of nitrogens with zero attached hydrogens (tertiary/aromatic N) is 3. The minimum Gasteiger partial charge on any atom is -0.497 e. The van der Waals surface area contributed by atoms with E-state index in [9.17, 15) is 9.59 Å². The molecule has 2 heterocycles. The van der Waals surface area contributed by atoms with E-state index in [2.05, 4.69) is 5.10 Å². The van der Waals surface area contributed by atoms with Gasteiger partial charge in [0.2, 0.25) is 5.91 Å². The number of morpholine rings is 1. The number of aromatic nitrogens is 2. The lowest BCUT2D eigenvalue weighted by atomic mass is 10.1. The number of carbonyl (C=O) groups is 1. The van der Waals surface area contributed by atoms with Crippen LogP contribution in [0.1, 0.15) is 0 Å². The van der Waals surface area contributed by atoms with Gasteiger partial charge in [-0.2, -0.15) is 5.10 Å². The average molecular weight is 359 g/mol. The SMILES string of the molecule is COc1ccc(-c2nn(CC(=O)N3CCOCC3)c(=O)cc2OC)cc1. The average Bonchev–Trinajstić information content (AvgIpc) is 2.70. The Hall–Kier alpha value is -2.87. The monoisotopic (exact) mass is 359 g/mol. The van der Waals surface area contributed by atoms with Crippen LogP contribution in [-0.2, 0) is 16.1 Å². The summed E-state index contributed by atoms with van der Waals surface area (Å²) in [6.45, 7) is 1.94. The molecule has 8 nitrogen and oxygen atoms in total. The Morgan fingerprint density at radius 3 is 2.46 bits per heavy atom. The highest BCUT2D eigenvalue weighted by Crippen LogP contribution is 2.27. The summed E-state index contributed by atoms with van der Waals surface area (Å²) >= 11 is 0. The molecule has 26 heavy (non-hydrogen) atoms. The van der Waals surface area contributed by atoms with Crippen LogP contribution in [0.2, 0.25) is 0 Å². The summed E-state index contributed by atoms with van der Waals surface area (Å²) in [6.07, 6.45) is 0. The van der Waals surface area contributed by atoms with Gasteiger partial charge in [0.25, 0.3) is 5.56 Å². The zero-order valence-corrected chi connectivity index (χ0v) is 14.8. The molecule has 1 aliphatic heterocycles. The molecule has 0 radical (unpaired) electrons. The summed E-state index contributed by atoms with van der Waals surface area (Å²) in [7, 11) is 3.07. The molecule has 0 spiro atoms. The molecule has 0 aliphatic carbocycles. The largest absolute Gasteiger partial charge is 0.497 e. The van der Waals surface area contributed by atoms with Crippen LogP contribution in [0, 0.1) is 0 Å². The standard InChI is InChI=1S/C18H21N3O5/c1-24-14-5-3-13(4-6-14)18-15(25-2)11-16(22)21(19-18)12-17(23)20-7-9-26-10-8-20/h3-6,11H,7-10,12H2,1-2H3. The van der Waals surface area contributed by atoms with Gasteiger partial charge in [-0.3, -0.25) is 9.59 Å². The van der Waals surface area contributed by atoms with Crippen LogP contribution in [0.25, 0.3) is 11.3 Å². The van der Waals surface area contributed by atoms with E-state index in [1.54, 1.807) is 24.1 Å². The van der Waals surface area contributed by atoms with E-state index in [0.717, 1.165) is 5.56 Å². The second kappa shape index (κ2) is 8.01. The number of amides is 1. The van der Waals surface area contributed by atoms with Crippen molar-refractivity contribution in [1.82, 2.24) is 14.7 Å². The van der Waals surface area contributed by atoms with Crippen LogP contribution >= 0.6 is 0 Å². The van der Waals surface area contributed by atoms with Crippen LogP contribution < -0.4 is 15.0 Å². The summed E-state index contributed by atoms with van der Waals surface area (Å²) < 4.78 is 16.9. The number of benzene rings is 1. The predicted molar refractivity (Wildman–Crippen MR) is 94.4 cm³/mol. The molecule has 0 saturated carbocycles. The Bertz CT molecular complexity index is 826. The lowest BCUT2D eigenvalue weighted by molar-refractivity contribution is -0.136. The number of hydrogen-bond acceptors (Lipinski definition) is 6. The second-order valence-electron chi connectivity index (χ2n) is 5.78. The molecular formula is C18H21N3O5. The van der Waals surface area contributed by atoms with Crippen LogP contribution in [-0.4, -0.2) is 61.1 Å². The normalized spacial score (nSPS) is 14.2. The van der Waals surface area contributed by atoms with E-state index in [1.807, 2.05) is 12.1 Å². The zero-order chi connectivity index (χ0) is 18.5. The Kier molecular flexibility index (Phi) is 5.52. The van der Waals surface area contributed by atoms with Crippen molar-refractivity contribution in [2.75, 3.05) is 40.5 Å². The molecule has 3 rings (SSSR count). The first-order valence-electron chi connectivity index (χ1n) is 8.28. The minimum atomic E-state index is -0.388. The smallest absolute Gasteiger partial charge is 0.270 e. The fraction of sp³-hybridized carbons (Fsp3) is 0.389. The quantitative estimate of drug-likeness (QED) is 0.785. The van der Waals surface area contributed by atoms with Crippen molar-refractivity contribution < 1.29 is 19.0 Å². The number of methoxy groups -OCH3 is 2. The Morgan fingerprint density at radius 1 is 1.15 bits per heavy atom. The first kappa shape index (κ1) is 17.9. The molecule has 1 fully saturated rings. The summed E-state index contributed by atoms with van der Waals surface area (Å²) in [5.74, 6) is 0.910. The van der Waals surface area contributed by atoms with Gasteiger partial charge in [0.05, 0.1) is 27.4 Å². The van der Waals surface area contributed by atoms with Gasteiger partial charge < -0.3 is 19.1 Å².